The third-order valence-electron chi connectivity index (χ3n) is 4.37. The van der Waals surface area contributed by atoms with E-state index in [2.05, 4.69) is 10.6 Å². The molecule has 2 N–H and O–H groups in total. The zero-order valence-electron chi connectivity index (χ0n) is 16.6. The monoisotopic (exact) mass is 410 g/mol. The number of ether oxygens (including phenoxy) is 3. The summed E-state index contributed by atoms with van der Waals surface area (Å²) in [6, 6.07) is 16.2. The number of nitrogens with one attached hydrogen (secondary N) is 2. The first-order valence-electron chi connectivity index (χ1n) is 9.32. The van der Waals surface area contributed by atoms with Crippen molar-refractivity contribution in [1.82, 2.24) is 5.32 Å². The molecule has 0 bridgehead atoms. The summed E-state index contributed by atoms with van der Waals surface area (Å²) in [6.45, 7) is 1.43. The summed E-state index contributed by atoms with van der Waals surface area (Å²) in [5, 5.41) is 5.58. The van der Waals surface area contributed by atoms with Gasteiger partial charge in [0.15, 0.2) is 18.3 Å². The van der Waals surface area contributed by atoms with Crippen LogP contribution >= 0.6 is 0 Å². The first kappa shape index (κ1) is 20.9. The Morgan fingerprint density at radius 1 is 1.10 bits per heavy atom. The summed E-state index contributed by atoms with van der Waals surface area (Å²) in [6.07, 6.45) is -1.09. The van der Waals surface area contributed by atoms with Crippen LogP contribution in [0.25, 0.3) is 0 Å². The molecule has 0 saturated carbocycles. The molecule has 0 saturated heterocycles. The standard InChI is InChI=1S/C22H22N2O6/c1-14(20(26)23-12-15-8-10-17(28-2)11-9-15)30-22(27)19-18(25)13-29-21(19)24-16-6-4-3-5-7-16/h3-11,14,24H,12-13H2,1-2H3,(H,23,26)/t14-/m0/s1. The van der Waals surface area contributed by atoms with Crippen molar-refractivity contribution in [2.45, 2.75) is 19.6 Å². The van der Waals surface area contributed by atoms with E-state index in [0.29, 0.717) is 11.4 Å². The van der Waals surface area contributed by atoms with Gasteiger partial charge in [-0.3, -0.25) is 9.59 Å². The third-order valence-corrected chi connectivity index (χ3v) is 4.37. The number of Topliss-reactive ketones (excluding diaryl/α,β-unsaturated/α-hetero) is 1. The van der Waals surface area contributed by atoms with Crippen LogP contribution in [0.3, 0.4) is 0 Å². The number of methoxy groups -OCH3 is 1. The van der Waals surface area contributed by atoms with Gasteiger partial charge < -0.3 is 24.8 Å². The van der Waals surface area contributed by atoms with Gasteiger partial charge in [-0.25, -0.2) is 4.79 Å². The average Bonchev–Trinajstić information content (AvgIpc) is 3.12. The number of benzene rings is 2. The predicted octanol–water partition coefficient (Wildman–Crippen LogP) is 2.17. The first-order chi connectivity index (χ1) is 14.5. The molecule has 1 amide bonds. The first-order valence-corrected chi connectivity index (χ1v) is 9.32. The Morgan fingerprint density at radius 2 is 1.80 bits per heavy atom. The highest BCUT2D eigenvalue weighted by Gasteiger charge is 2.34. The lowest BCUT2D eigenvalue weighted by Crippen LogP contribution is -2.36. The van der Waals surface area contributed by atoms with Crippen molar-refractivity contribution < 1.29 is 28.6 Å². The lowest BCUT2D eigenvalue weighted by molar-refractivity contribution is -0.151. The molecule has 1 heterocycles. The summed E-state index contributed by atoms with van der Waals surface area (Å²) in [5.74, 6) is -1.18. The molecular formula is C22H22N2O6. The summed E-state index contributed by atoms with van der Waals surface area (Å²) in [4.78, 5) is 36.9. The van der Waals surface area contributed by atoms with Gasteiger partial charge in [-0.2, -0.15) is 0 Å². The molecule has 0 fully saturated rings. The molecule has 8 nitrogen and oxygen atoms in total. The highest BCUT2D eigenvalue weighted by molar-refractivity contribution is 6.20. The normalized spacial score (nSPS) is 14.0. The van der Waals surface area contributed by atoms with Crippen LogP contribution in [0, 0.1) is 0 Å². The molecule has 2 aromatic rings. The van der Waals surface area contributed by atoms with Crippen molar-refractivity contribution in [1.29, 1.82) is 0 Å². The third kappa shape index (κ3) is 5.16. The van der Waals surface area contributed by atoms with E-state index in [1.165, 1.54) is 6.92 Å². The van der Waals surface area contributed by atoms with Crippen LogP contribution in [0.2, 0.25) is 0 Å². The minimum atomic E-state index is -1.09. The van der Waals surface area contributed by atoms with E-state index in [9.17, 15) is 14.4 Å². The summed E-state index contributed by atoms with van der Waals surface area (Å²) in [7, 11) is 1.57. The van der Waals surface area contributed by atoms with Gasteiger partial charge in [0.25, 0.3) is 5.91 Å². The van der Waals surface area contributed by atoms with Gasteiger partial charge in [0.05, 0.1) is 7.11 Å². The van der Waals surface area contributed by atoms with Gasteiger partial charge in [-0.15, -0.1) is 0 Å². The number of rotatable bonds is 8. The van der Waals surface area contributed by atoms with Gasteiger partial charge in [0.1, 0.15) is 5.75 Å². The maximum Gasteiger partial charge on any atom is 0.348 e. The van der Waals surface area contributed by atoms with Crippen LogP contribution in [0.4, 0.5) is 5.69 Å². The van der Waals surface area contributed by atoms with E-state index in [-0.39, 0.29) is 24.6 Å². The van der Waals surface area contributed by atoms with Gasteiger partial charge in [-0.1, -0.05) is 30.3 Å². The fraction of sp³-hybridized carbons (Fsp3) is 0.227. The molecule has 3 rings (SSSR count). The molecule has 0 aliphatic carbocycles. The smallest absolute Gasteiger partial charge is 0.348 e. The number of esters is 1. The highest BCUT2D eigenvalue weighted by atomic mass is 16.6. The Bertz CT molecular complexity index is 953. The molecule has 1 atom stereocenters. The molecule has 156 valence electrons. The molecule has 1 aliphatic rings. The number of para-hydroxylation sites is 1. The van der Waals surface area contributed by atoms with Gasteiger partial charge >= 0.3 is 5.97 Å². The Kier molecular flexibility index (Phi) is 6.69. The van der Waals surface area contributed by atoms with Crippen LogP contribution in [0.5, 0.6) is 5.75 Å². The van der Waals surface area contributed by atoms with E-state index >= 15 is 0 Å². The van der Waals surface area contributed by atoms with E-state index in [1.54, 1.807) is 43.5 Å². The second-order valence-corrected chi connectivity index (χ2v) is 6.52. The SMILES string of the molecule is COc1ccc(CNC(=O)[C@H](C)OC(=O)C2=C(Nc3ccccc3)OCC2=O)cc1. The number of carbonyl (C=O) groups is 3. The number of anilines is 1. The summed E-state index contributed by atoms with van der Waals surface area (Å²) in [5.41, 5.74) is 1.27. The average molecular weight is 410 g/mol. The van der Waals surface area contributed by atoms with Crippen molar-refractivity contribution in [3.63, 3.8) is 0 Å². The quantitative estimate of drug-likeness (QED) is 0.508. The fourth-order valence-electron chi connectivity index (χ4n) is 2.72. The Morgan fingerprint density at radius 3 is 2.47 bits per heavy atom. The predicted molar refractivity (Wildman–Crippen MR) is 108 cm³/mol. The Labute approximate surface area is 173 Å². The molecule has 30 heavy (non-hydrogen) atoms. The molecule has 0 unspecified atom stereocenters. The fourth-order valence-corrected chi connectivity index (χ4v) is 2.72. The largest absolute Gasteiger partial charge is 0.497 e. The van der Waals surface area contributed by atoms with E-state index < -0.39 is 23.8 Å². The molecule has 0 spiro atoms. The van der Waals surface area contributed by atoms with Crippen LogP contribution in [0.15, 0.2) is 66.1 Å². The van der Waals surface area contributed by atoms with E-state index in [4.69, 9.17) is 14.2 Å². The molecule has 2 aromatic carbocycles. The minimum Gasteiger partial charge on any atom is -0.497 e. The second kappa shape index (κ2) is 9.60. The van der Waals surface area contributed by atoms with Crippen LogP contribution in [0.1, 0.15) is 12.5 Å². The van der Waals surface area contributed by atoms with Crippen LogP contribution in [-0.4, -0.2) is 37.5 Å². The lowest BCUT2D eigenvalue weighted by Gasteiger charge is -2.14. The van der Waals surface area contributed by atoms with Crippen molar-refractivity contribution in [2.75, 3.05) is 19.0 Å². The van der Waals surface area contributed by atoms with Crippen molar-refractivity contribution in [3.05, 3.63) is 71.6 Å². The topological polar surface area (TPSA) is 103 Å². The van der Waals surface area contributed by atoms with Crippen LogP contribution < -0.4 is 15.4 Å². The lowest BCUT2D eigenvalue weighted by atomic mass is 10.2. The summed E-state index contributed by atoms with van der Waals surface area (Å²) >= 11 is 0. The highest BCUT2D eigenvalue weighted by Crippen LogP contribution is 2.21. The van der Waals surface area contributed by atoms with Crippen molar-refractivity contribution in [2.24, 2.45) is 0 Å². The minimum absolute atomic E-state index is 0.0158. The van der Waals surface area contributed by atoms with Crippen molar-refractivity contribution in [3.8, 4) is 5.75 Å². The number of carbonyl (C=O) groups excluding carboxylic acids is 3. The molecular weight excluding hydrogens is 388 g/mol. The van der Waals surface area contributed by atoms with Crippen LogP contribution in [-0.2, 0) is 30.4 Å². The number of amides is 1. The summed E-state index contributed by atoms with van der Waals surface area (Å²) < 4.78 is 15.6. The van der Waals surface area contributed by atoms with E-state index in [0.717, 1.165) is 5.56 Å². The number of hydrogen-bond acceptors (Lipinski definition) is 7. The number of ketones is 1. The van der Waals surface area contributed by atoms with E-state index in [1.807, 2.05) is 18.2 Å². The molecule has 8 heteroatoms. The zero-order chi connectivity index (χ0) is 21.5. The maximum absolute atomic E-state index is 12.5. The Hall–Kier alpha value is -3.81. The Balaban J connectivity index is 1.59. The number of hydrogen-bond donors (Lipinski definition) is 2. The molecule has 1 aliphatic heterocycles. The second-order valence-electron chi connectivity index (χ2n) is 6.52. The van der Waals surface area contributed by atoms with Gasteiger partial charge in [-0.05, 0) is 36.8 Å². The van der Waals surface area contributed by atoms with Gasteiger partial charge in [0, 0.05) is 12.2 Å². The van der Waals surface area contributed by atoms with Gasteiger partial charge in [0.2, 0.25) is 11.7 Å². The maximum atomic E-state index is 12.5. The van der Waals surface area contributed by atoms with Crippen molar-refractivity contribution >= 4 is 23.3 Å². The zero-order valence-corrected chi connectivity index (χ0v) is 16.6. The molecule has 0 aromatic heterocycles. The molecule has 0 radical (unpaired) electrons.